The van der Waals surface area contributed by atoms with E-state index in [1.807, 2.05) is 13.8 Å². The summed E-state index contributed by atoms with van der Waals surface area (Å²) in [5.41, 5.74) is 2.95. The molecule has 1 N–H and O–H groups in total. The second kappa shape index (κ2) is 6.42. The summed E-state index contributed by atoms with van der Waals surface area (Å²) in [5, 5.41) is 11.1. The molecular formula is C17H21N5O. The van der Waals surface area contributed by atoms with Gasteiger partial charge in [0.25, 0.3) is 0 Å². The molecule has 1 unspecified atom stereocenters. The molecule has 2 aromatic rings. The molecule has 0 radical (unpaired) electrons. The Balaban J connectivity index is 1.93. The monoisotopic (exact) mass is 311 g/mol. The second-order valence-corrected chi connectivity index (χ2v) is 5.98. The summed E-state index contributed by atoms with van der Waals surface area (Å²) >= 11 is 0. The fourth-order valence-electron chi connectivity index (χ4n) is 2.92. The molecule has 0 bridgehead atoms. The average molecular weight is 311 g/mol. The summed E-state index contributed by atoms with van der Waals surface area (Å²) in [5.74, 6) is 0.831. The summed E-state index contributed by atoms with van der Waals surface area (Å²) in [6, 6.07) is 3.83. The number of nitrogens with zero attached hydrogens (tertiary/aromatic N) is 4. The third-order valence-electron chi connectivity index (χ3n) is 4.34. The molecule has 0 spiro atoms. The van der Waals surface area contributed by atoms with Crippen LogP contribution in [0.3, 0.4) is 0 Å². The Morgan fingerprint density at radius 2 is 2.17 bits per heavy atom. The number of piperazine rings is 1. The molecule has 3 heterocycles. The van der Waals surface area contributed by atoms with Crippen LogP contribution in [0.4, 0.5) is 5.82 Å². The maximum Gasteiger partial charge on any atom is 0.215 e. The zero-order valence-corrected chi connectivity index (χ0v) is 13.7. The highest BCUT2D eigenvalue weighted by atomic mass is 16.1. The Morgan fingerprint density at radius 3 is 2.87 bits per heavy atom. The summed E-state index contributed by atoms with van der Waals surface area (Å²) in [6.45, 7) is 8.95. The van der Waals surface area contributed by atoms with E-state index in [0.29, 0.717) is 17.3 Å². The van der Waals surface area contributed by atoms with Gasteiger partial charge in [-0.2, -0.15) is 5.10 Å². The lowest BCUT2D eigenvalue weighted by atomic mass is 10.0. The van der Waals surface area contributed by atoms with Gasteiger partial charge in [0.15, 0.2) is 0 Å². The number of nitrogens with one attached hydrogen (secondary N) is 1. The molecule has 120 valence electrons. The molecule has 1 aliphatic rings. The Hall–Kier alpha value is -2.34. The Morgan fingerprint density at radius 1 is 1.35 bits per heavy atom. The van der Waals surface area contributed by atoms with Gasteiger partial charge in [-0.15, -0.1) is 5.10 Å². The van der Waals surface area contributed by atoms with Gasteiger partial charge in [-0.05, 0) is 44.0 Å². The highest BCUT2D eigenvalue weighted by Crippen LogP contribution is 2.25. The number of hydrogen-bond donors (Lipinski definition) is 1. The second-order valence-electron chi connectivity index (χ2n) is 5.98. The van der Waals surface area contributed by atoms with Crippen molar-refractivity contribution in [3.05, 3.63) is 46.9 Å². The molecule has 3 rings (SSSR count). The van der Waals surface area contributed by atoms with Crippen LogP contribution in [0.25, 0.3) is 0 Å². The largest absolute Gasteiger partial charge is 0.354 e. The summed E-state index contributed by atoms with van der Waals surface area (Å²) in [6.07, 6.45) is 3.23. The third kappa shape index (κ3) is 3.07. The van der Waals surface area contributed by atoms with E-state index in [4.69, 9.17) is 0 Å². The van der Waals surface area contributed by atoms with Gasteiger partial charge in [-0.1, -0.05) is 0 Å². The third-order valence-corrected chi connectivity index (χ3v) is 4.34. The lowest BCUT2D eigenvalue weighted by Crippen LogP contribution is -2.49. The van der Waals surface area contributed by atoms with Gasteiger partial charge in [0.05, 0.1) is 0 Å². The molecule has 1 atom stereocenters. The molecule has 23 heavy (non-hydrogen) atoms. The van der Waals surface area contributed by atoms with Crippen LogP contribution < -0.4 is 10.2 Å². The van der Waals surface area contributed by atoms with Crippen LogP contribution in [-0.4, -0.2) is 46.6 Å². The van der Waals surface area contributed by atoms with E-state index in [-0.39, 0.29) is 5.78 Å². The number of carbonyl (C=O) groups excluding carboxylic acids is 1. The first-order valence-electron chi connectivity index (χ1n) is 7.85. The lowest BCUT2D eigenvalue weighted by molar-refractivity contribution is 0.103. The molecule has 6 heteroatoms. The van der Waals surface area contributed by atoms with Crippen LogP contribution in [-0.2, 0) is 0 Å². The van der Waals surface area contributed by atoms with E-state index in [2.05, 4.69) is 32.3 Å². The number of pyridine rings is 1. The highest BCUT2D eigenvalue weighted by molar-refractivity contribution is 6.08. The van der Waals surface area contributed by atoms with Crippen molar-refractivity contribution in [2.45, 2.75) is 26.8 Å². The Kier molecular flexibility index (Phi) is 4.34. The van der Waals surface area contributed by atoms with E-state index >= 15 is 0 Å². The van der Waals surface area contributed by atoms with Crippen molar-refractivity contribution < 1.29 is 4.79 Å². The van der Waals surface area contributed by atoms with Crippen LogP contribution >= 0.6 is 0 Å². The van der Waals surface area contributed by atoms with Crippen molar-refractivity contribution in [1.29, 1.82) is 0 Å². The lowest BCUT2D eigenvalue weighted by Gasteiger charge is -2.34. The molecule has 1 saturated heterocycles. The van der Waals surface area contributed by atoms with Crippen molar-refractivity contribution in [2.75, 3.05) is 24.5 Å². The number of ketones is 1. The van der Waals surface area contributed by atoms with Gasteiger partial charge in [-0.25, -0.2) is 4.98 Å². The molecule has 0 aliphatic carbocycles. The molecule has 1 aliphatic heterocycles. The summed E-state index contributed by atoms with van der Waals surface area (Å²) in [4.78, 5) is 19.4. The van der Waals surface area contributed by atoms with Crippen LogP contribution in [0.1, 0.15) is 34.1 Å². The normalized spacial score (nSPS) is 18.0. The first-order chi connectivity index (χ1) is 11.1. The first kappa shape index (κ1) is 15.6. The topological polar surface area (TPSA) is 71.0 Å². The highest BCUT2D eigenvalue weighted by Gasteiger charge is 2.22. The van der Waals surface area contributed by atoms with Crippen molar-refractivity contribution in [1.82, 2.24) is 20.5 Å². The first-order valence-corrected chi connectivity index (χ1v) is 7.85. The van der Waals surface area contributed by atoms with Gasteiger partial charge in [0.2, 0.25) is 5.78 Å². The van der Waals surface area contributed by atoms with Crippen LogP contribution in [0.2, 0.25) is 0 Å². The van der Waals surface area contributed by atoms with Crippen LogP contribution in [0.15, 0.2) is 24.5 Å². The minimum Gasteiger partial charge on any atom is -0.354 e. The minimum atomic E-state index is -0.133. The number of anilines is 1. The summed E-state index contributed by atoms with van der Waals surface area (Å²) in [7, 11) is 0. The smallest absolute Gasteiger partial charge is 0.215 e. The quantitative estimate of drug-likeness (QED) is 0.867. The van der Waals surface area contributed by atoms with E-state index in [9.17, 15) is 4.79 Å². The fourth-order valence-corrected chi connectivity index (χ4v) is 2.92. The van der Waals surface area contributed by atoms with E-state index in [0.717, 1.165) is 36.6 Å². The predicted octanol–water partition coefficient (Wildman–Crippen LogP) is 1.52. The Labute approximate surface area is 136 Å². The number of rotatable bonds is 3. The Bertz CT molecular complexity index is 716. The van der Waals surface area contributed by atoms with Gasteiger partial charge < -0.3 is 10.2 Å². The van der Waals surface area contributed by atoms with Crippen LogP contribution in [0, 0.1) is 13.8 Å². The molecule has 2 aromatic heterocycles. The fraction of sp³-hybridized carbons (Fsp3) is 0.412. The van der Waals surface area contributed by atoms with E-state index < -0.39 is 0 Å². The van der Waals surface area contributed by atoms with Crippen molar-refractivity contribution in [3.63, 3.8) is 0 Å². The molecule has 0 amide bonds. The standard InChI is InChI=1S/C17H21N5O/c1-11-10-22(8-7-18-11)17-13(3)12(2)14(9-19-17)16(23)15-5-4-6-20-21-15/h4-6,9,11,18H,7-8,10H2,1-3H3. The van der Waals surface area contributed by atoms with E-state index in [1.165, 1.54) is 0 Å². The van der Waals surface area contributed by atoms with Crippen molar-refractivity contribution >= 4 is 11.6 Å². The van der Waals surface area contributed by atoms with Gasteiger partial charge in [0.1, 0.15) is 11.5 Å². The van der Waals surface area contributed by atoms with Crippen molar-refractivity contribution in [3.8, 4) is 0 Å². The zero-order chi connectivity index (χ0) is 16.4. The maximum absolute atomic E-state index is 12.6. The maximum atomic E-state index is 12.6. The van der Waals surface area contributed by atoms with Crippen LogP contribution in [0.5, 0.6) is 0 Å². The van der Waals surface area contributed by atoms with Gasteiger partial charge >= 0.3 is 0 Å². The minimum absolute atomic E-state index is 0.133. The predicted molar refractivity (Wildman–Crippen MR) is 88.9 cm³/mol. The molecule has 1 fully saturated rings. The molecule has 0 saturated carbocycles. The zero-order valence-electron chi connectivity index (χ0n) is 13.7. The molecule has 6 nitrogen and oxygen atoms in total. The number of aromatic nitrogens is 3. The van der Waals surface area contributed by atoms with E-state index in [1.54, 1.807) is 24.5 Å². The number of carbonyl (C=O) groups is 1. The molecule has 0 aromatic carbocycles. The van der Waals surface area contributed by atoms with Crippen molar-refractivity contribution in [2.24, 2.45) is 0 Å². The van der Waals surface area contributed by atoms with Gasteiger partial charge in [0, 0.05) is 43.6 Å². The summed E-state index contributed by atoms with van der Waals surface area (Å²) < 4.78 is 0. The SMILES string of the molecule is Cc1c(C(=O)c2cccnn2)cnc(N2CCNC(C)C2)c1C. The number of hydrogen-bond acceptors (Lipinski definition) is 6. The van der Waals surface area contributed by atoms with Gasteiger partial charge in [-0.3, -0.25) is 4.79 Å². The molecular weight excluding hydrogens is 290 g/mol. The average Bonchev–Trinajstić information content (AvgIpc) is 2.57.